The Hall–Kier alpha value is -3.00. The monoisotopic (exact) mass is 399 g/mol. The molecule has 8 heteroatoms. The van der Waals surface area contributed by atoms with E-state index in [9.17, 15) is 14.0 Å². The normalized spacial score (nSPS) is 16.5. The summed E-state index contributed by atoms with van der Waals surface area (Å²) >= 11 is 0. The number of hydrogen-bond donors (Lipinski definition) is 2. The van der Waals surface area contributed by atoms with Crippen LogP contribution in [0, 0.1) is 12.7 Å². The molecule has 2 aromatic rings. The quantitative estimate of drug-likeness (QED) is 0.809. The van der Waals surface area contributed by atoms with Crippen molar-refractivity contribution in [3.8, 4) is 0 Å². The lowest BCUT2D eigenvalue weighted by Crippen LogP contribution is -2.37. The molecule has 1 fully saturated rings. The van der Waals surface area contributed by atoms with Gasteiger partial charge in [0.15, 0.2) is 0 Å². The van der Waals surface area contributed by atoms with Gasteiger partial charge in [-0.2, -0.15) is 0 Å². The number of rotatable bonds is 5. The summed E-state index contributed by atoms with van der Waals surface area (Å²) in [6.07, 6.45) is 2.46. The van der Waals surface area contributed by atoms with E-state index in [0.29, 0.717) is 12.2 Å². The van der Waals surface area contributed by atoms with E-state index in [1.807, 2.05) is 14.0 Å². The van der Waals surface area contributed by atoms with Crippen molar-refractivity contribution in [1.82, 2.24) is 14.8 Å². The van der Waals surface area contributed by atoms with Gasteiger partial charge >= 0.3 is 6.03 Å². The molecule has 2 N–H and O–H groups in total. The molecule has 0 radical (unpaired) electrons. The van der Waals surface area contributed by atoms with Gasteiger partial charge in [-0.1, -0.05) is 6.07 Å². The molecule has 1 unspecified atom stereocenters. The smallest absolute Gasteiger partial charge is 0.323 e. The summed E-state index contributed by atoms with van der Waals surface area (Å²) in [6, 6.07) is 7.89. The van der Waals surface area contributed by atoms with Crippen LogP contribution in [0.25, 0.3) is 0 Å². The Morgan fingerprint density at radius 1 is 1.28 bits per heavy atom. The molecule has 7 nitrogen and oxygen atoms in total. The molecule has 0 saturated carbocycles. The number of halogens is 1. The van der Waals surface area contributed by atoms with Gasteiger partial charge in [-0.25, -0.2) is 9.18 Å². The van der Waals surface area contributed by atoms with Crippen molar-refractivity contribution in [2.24, 2.45) is 0 Å². The molecule has 154 valence electrons. The van der Waals surface area contributed by atoms with E-state index in [2.05, 4.69) is 20.5 Å². The van der Waals surface area contributed by atoms with E-state index in [1.54, 1.807) is 42.3 Å². The second kappa shape index (κ2) is 9.00. The molecule has 29 heavy (non-hydrogen) atoms. The molecule has 3 amide bonds. The zero-order valence-corrected chi connectivity index (χ0v) is 16.9. The highest BCUT2D eigenvalue weighted by Gasteiger charge is 2.27. The number of nitrogens with one attached hydrogen (secondary N) is 2. The molecular weight excluding hydrogens is 373 g/mol. The summed E-state index contributed by atoms with van der Waals surface area (Å²) in [5, 5.41) is 5.20. The van der Waals surface area contributed by atoms with Crippen LogP contribution in [0.15, 0.2) is 36.5 Å². The lowest BCUT2D eigenvalue weighted by Gasteiger charge is -2.23. The standard InChI is InChI=1S/C21H26FN5O2/c1-14-4-6-17(11-23-14)24-21(29)25-20-10-16(5-7-19(20)22)12-27-9-8-18(13-27)26(3)15(2)28/h4-7,10-11,18H,8-9,12-13H2,1-3H3,(H2,24,25,29). The van der Waals surface area contributed by atoms with E-state index in [1.165, 1.54) is 6.07 Å². The average Bonchev–Trinajstić information content (AvgIpc) is 3.14. The Balaban J connectivity index is 1.60. The molecule has 0 bridgehead atoms. The van der Waals surface area contributed by atoms with Crippen molar-refractivity contribution < 1.29 is 14.0 Å². The summed E-state index contributed by atoms with van der Waals surface area (Å²) < 4.78 is 14.2. The van der Waals surface area contributed by atoms with E-state index < -0.39 is 11.8 Å². The molecule has 0 spiro atoms. The Labute approximate surface area is 169 Å². The average molecular weight is 399 g/mol. The molecule has 1 aliphatic heterocycles. The zero-order valence-electron chi connectivity index (χ0n) is 16.9. The van der Waals surface area contributed by atoms with Gasteiger partial charge in [0.2, 0.25) is 5.91 Å². The fraction of sp³-hybridized carbons (Fsp3) is 0.381. The Bertz CT molecular complexity index is 887. The van der Waals surface area contributed by atoms with Crippen LogP contribution < -0.4 is 10.6 Å². The van der Waals surface area contributed by atoms with Gasteiger partial charge < -0.3 is 15.5 Å². The van der Waals surface area contributed by atoms with E-state index in [0.717, 1.165) is 30.8 Å². The Morgan fingerprint density at radius 2 is 2.07 bits per heavy atom. The van der Waals surface area contributed by atoms with Crippen molar-refractivity contribution in [1.29, 1.82) is 0 Å². The lowest BCUT2D eigenvalue weighted by atomic mass is 10.2. The maximum absolute atomic E-state index is 14.2. The molecule has 3 rings (SSSR count). The van der Waals surface area contributed by atoms with E-state index >= 15 is 0 Å². The SMILES string of the molecule is CC(=O)N(C)C1CCN(Cc2ccc(F)c(NC(=O)Nc3ccc(C)nc3)c2)C1. The zero-order chi connectivity index (χ0) is 21.0. The highest BCUT2D eigenvalue weighted by molar-refractivity contribution is 5.99. The summed E-state index contributed by atoms with van der Waals surface area (Å²) in [4.78, 5) is 31.8. The van der Waals surface area contributed by atoms with Crippen LogP contribution in [0.4, 0.5) is 20.6 Å². The first kappa shape index (κ1) is 20.7. The van der Waals surface area contributed by atoms with Crippen LogP contribution in [-0.2, 0) is 11.3 Å². The number of likely N-dealkylation sites (tertiary alicyclic amines) is 1. The Kier molecular flexibility index (Phi) is 6.43. The fourth-order valence-corrected chi connectivity index (χ4v) is 3.38. The minimum absolute atomic E-state index is 0.0555. The number of urea groups is 1. The molecule has 1 aromatic carbocycles. The number of likely N-dealkylation sites (N-methyl/N-ethyl adjacent to an activating group) is 1. The molecular formula is C21H26FN5O2. The van der Waals surface area contributed by atoms with Gasteiger partial charge in [-0.05, 0) is 43.2 Å². The van der Waals surface area contributed by atoms with Crippen molar-refractivity contribution >= 4 is 23.3 Å². The minimum atomic E-state index is -0.531. The van der Waals surface area contributed by atoms with Crippen LogP contribution in [0.2, 0.25) is 0 Å². The molecule has 1 aromatic heterocycles. The predicted molar refractivity (Wildman–Crippen MR) is 110 cm³/mol. The van der Waals surface area contributed by atoms with Gasteiger partial charge in [-0.15, -0.1) is 0 Å². The van der Waals surface area contributed by atoms with Crippen molar-refractivity contribution in [3.63, 3.8) is 0 Å². The predicted octanol–water partition coefficient (Wildman–Crippen LogP) is 3.23. The third kappa shape index (κ3) is 5.51. The first-order chi connectivity index (χ1) is 13.8. The number of anilines is 2. The lowest BCUT2D eigenvalue weighted by molar-refractivity contribution is -0.129. The largest absolute Gasteiger partial charge is 0.342 e. The second-order valence-corrected chi connectivity index (χ2v) is 7.39. The first-order valence-corrected chi connectivity index (χ1v) is 9.56. The Morgan fingerprint density at radius 3 is 2.76 bits per heavy atom. The summed E-state index contributed by atoms with van der Waals surface area (Å²) in [5.74, 6) is -0.443. The van der Waals surface area contributed by atoms with E-state index in [-0.39, 0.29) is 17.6 Å². The van der Waals surface area contributed by atoms with Crippen LogP contribution in [0.3, 0.4) is 0 Å². The fourth-order valence-electron chi connectivity index (χ4n) is 3.38. The van der Waals surface area contributed by atoms with Crippen LogP contribution >= 0.6 is 0 Å². The number of carbonyl (C=O) groups excluding carboxylic acids is 2. The van der Waals surface area contributed by atoms with Crippen molar-refractivity contribution in [2.45, 2.75) is 32.9 Å². The number of aryl methyl sites for hydroxylation is 1. The topological polar surface area (TPSA) is 77.6 Å². The summed E-state index contributed by atoms with van der Waals surface area (Å²) in [7, 11) is 1.82. The van der Waals surface area contributed by atoms with Gasteiger partial charge in [0.25, 0.3) is 0 Å². The van der Waals surface area contributed by atoms with Crippen molar-refractivity contribution in [2.75, 3.05) is 30.8 Å². The van der Waals surface area contributed by atoms with Gasteiger partial charge in [0, 0.05) is 45.3 Å². The first-order valence-electron chi connectivity index (χ1n) is 9.56. The van der Waals surface area contributed by atoms with E-state index in [4.69, 9.17) is 0 Å². The van der Waals surface area contributed by atoms with Crippen molar-refractivity contribution in [3.05, 3.63) is 53.6 Å². The summed E-state index contributed by atoms with van der Waals surface area (Å²) in [5.41, 5.74) is 2.39. The van der Waals surface area contributed by atoms with Crippen LogP contribution in [-0.4, -0.2) is 52.9 Å². The van der Waals surface area contributed by atoms with Gasteiger partial charge in [0.1, 0.15) is 5.82 Å². The van der Waals surface area contributed by atoms with Crippen LogP contribution in [0.1, 0.15) is 24.6 Å². The number of pyridine rings is 1. The number of hydrogen-bond acceptors (Lipinski definition) is 4. The number of nitrogens with zero attached hydrogens (tertiary/aromatic N) is 3. The number of carbonyl (C=O) groups is 2. The molecule has 0 aliphatic carbocycles. The maximum atomic E-state index is 14.2. The third-order valence-corrected chi connectivity index (χ3v) is 5.15. The summed E-state index contributed by atoms with van der Waals surface area (Å²) in [6.45, 7) is 5.69. The molecule has 2 heterocycles. The number of benzene rings is 1. The third-order valence-electron chi connectivity index (χ3n) is 5.15. The second-order valence-electron chi connectivity index (χ2n) is 7.39. The number of amides is 3. The number of aromatic nitrogens is 1. The minimum Gasteiger partial charge on any atom is -0.342 e. The molecule has 1 aliphatic rings. The molecule has 1 saturated heterocycles. The highest BCUT2D eigenvalue weighted by atomic mass is 19.1. The van der Waals surface area contributed by atoms with Gasteiger partial charge in [-0.3, -0.25) is 14.7 Å². The van der Waals surface area contributed by atoms with Gasteiger partial charge in [0.05, 0.1) is 17.6 Å². The van der Waals surface area contributed by atoms with Crippen LogP contribution in [0.5, 0.6) is 0 Å². The maximum Gasteiger partial charge on any atom is 0.323 e. The molecule has 1 atom stereocenters. The highest BCUT2D eigenvalue weighted by Crippen LogP contribution is 2.21.